The van der Waals surface area contributed by atoms with Crippen LogP contribution in [-0.2, 0) is 5.60 Å². The third-order valence-electron chi connectivity index (χ3n) is 3.91. The van der Waals surface area contributed by atoms with Crippen molar-refractivity contribution >= 4 is 5.84 Å². The Morgan fingerprint density at radius 1 is 1.04 bits per heavy atom. The van der Waals surface area contributed by atoms with Gasteiger partial charge in [0.2, 0.25) is 0 Å². The smallest absolute Gasteiger partial charge is 0.188 e. The summed E-state index contributed by atoms with van der Waals surface area (Å²) < 4.78 is 12.1. The number of ether oxygens (including phenoxy) is 2. The van der Waals surface area contributed by atoms with Crippen molar-refractivity contribution in [1.29, 1.82) is 0 Å². The number of nitrogens with one attached hydrogen (secondary N) is 1. The van der Waals surface area contributed by atoms with E-state index >= 15 is 0 Å². The molecule has 2 aromatic rings. The quantitative estimate of drug-likeness (QED) is 0.889. The van der Waals surface area contributed by atoms with Crippen LogP contribution in [0.2, 0.25) is 0 Å². The summed E-state index contributed by atoms with van der Waals surface area (Å²) in [6, 6.07) is 17.9. The first kappa shape index (κ1) is 15.4. The molecule has 3 rings (SSSR count). The van der Waals surface area contributed by atoms with Crippen molar-refractivity contribution in [2.24, 2.45) is 4.99 Å². The second-order valence-electron chi connectivity index (χ2n) is 5.54. The van der Waals surface area contributed by atoms with Gasteiger partial charge in [-0.05, 0) is 26.0 Å². The van der Waals surface area contributed by atoms with Crippen LogP contribution in [-0.4, -0.2) is 25.5 Å². The van der Waals surface area contributed by atoms with Crippen molar-refractivity contribution < 1.29 is 9.47 Å². The third kappa shape index (κ3) is 3.16. The molecule has 1 heterocycles. The molecule has 1 aliphatic heterocycles. The average Bonchev–Trinajstić information content (AvgIpc) is 3.13. The zero-order valence-corrected chi connectivity index (χ0v) is 13.6. The molecule has 2 aromatic carbocycles. The van der Waals surface area contributed by atoms with E-state index in [-0.39, 0.29) is 0 Å². The van der Waals surface area contributed by atoms with Crippen molar-refractivity contribution in [2.45, 2.75) is 19.4 Å². The van der Waals surface area contributed by atoms with Gasteiger partial charge in [-0.2, -0.15) is 0 Å². The minimum absolute atomic E-state index is 0.599. The van der Waals surface area contributed by atoms with E-state index in [0.717, 1.165) is 36.0 Å². The molecule has 1 unspecified atom stereocenters. The van der Waals surface area contributed by atoms with E-state index in [1.54, 1.807) is 0 Å². The maximum absolute atomic E-state index is 6.44. The number of amidine groups is 1. The topological polar surface area (TPSA) is 42.9 Å². The van der Waals surface area contributed by atoms with E-state index in [4.69, 9.17) is 9.47 Å². The molecule has 0 saturated carbocycles. The number of hydrogen-bond acceptors (Lipinski definition) is 4. The molecule has 0 aromatic heterocycles. The lowest BCUT2D eigenvalue weighted by molar-refractivity contribution is 0.150. The number of rotatable bonds is 6. The van der Waals surface area contributed by atoms with Crippen LogP contribution in [0, 0.1) is 0 Å². The highest BCUT2D eigenvalue weighted by Gasteiger charge is 2.37. The van der Waals surface area contributed by atoms with Crippen molar-refractivity contribution in [2.75, 3.05) is 19.7 Å². The lowest BCUT2D eigenvalue weighted by atomic mass is 9.94. The normalized spacial score (nSPS) is 16.2. The van der Waals surface area contributed by atoms with Crippen molar-refractivity contribution in [3.8, 4) is 11.5 Å². The summed E-state index contributed by atoms with van der Waals surface area (Å²) in [5.41, 5.74) is 0.379. The fourth-order valence-electron chi connectivity index (χ4n) is 2.75. The van der Waals surface area contributed by atoms with E-state index < -0.39 is 5.60 Å². The Morgan fingerprint density at radius 3 is 2.39 bits per heavy atom. The van der Waals surface area contributed by atoms with Gasteiger partial charge in [0.25, 0.3) is 0 Å². The van der Waals surface area contributed by atoms with Gasteiger partial charge in [-0.25, -0.2) is 0 Å². The SMILES string of the molecule is CCOc1ccccc1OC(C)(C1=NCCN1)c1ccccc1. The van der Waals surface area contributed by atoms with Crippen molar-refractivity contribution in [1.82, 2.24) is 5.32 Å². The number of benzene rings is 2. The lowest BCUT2D eigenvalue weighted by Crippen LogP contribution is -2.44. The van der Waals surface area contributed by atoms with E-state index in [0.29, 0.717) is 6.61 Å². The summed E-state index contributed by atoms with van der Waals surface area (Å²) in [5, 5.41) is 3.35. The third-order valence-corrected chi connectivity index (χ3v) is 3.91. The van der Waals surface area contributed by atoms with Gasteiger partial charge < -0.3 is 14.8 Å². The molecule has 0 amide bonds. The summed E-state index contributed by atoms with van der Waals surface area (Å²) in [6.45, 7) is 6.22. The van der Waals surface area contributed by atoms with Gasteiger partial charge >= 0.3 is 0 Å². The molecule has 4 heteroatoms. The van der Waals surface area contributed by atoms with Crippen LogP contribution in [0.15, 0.2) is 59.6 Å². The number of para-hydroxylation sites is 2. The molecule has 0 bridgehead atoms. The molecule has 0 spiro atoms. The lowest BCUT2D eigenvalue weighted by Gasteiger charge is -2.32. The molecule has 1 aliphatic rings. The number of aliphatic imine (C=N–C) groups is 1. The minimum atomic E-state index is -0.676. The minimum Gasteiger partial charge on any atom is -0.490 e. The molecular formula is C19H22N2O2. The van der Waals surface area contributed by atoms with Crippen LogP contribution in [0.5, 0.6) is 11.5 Å². The monoisotopic (exact) mass is 310 g/mol. The predicted octanol–water partition coefficient (Wildman–Crippen LogP) is 3.38. The summed E-state index contributed by atoms with van der Waals surface area (Å²) in [7, 11) is 0. The Hall–Kier alpha value is -2.49. The second kappa shape index (κ2) is 6.73. The zero-order valence-electron chi connectivity index (χ0n) is 13.6. The maximum Gasteiger partial charge on any atom is 0.188 e. The van der Waals surface area contributed by atoms with E-state index in [9.17, 15) is 0 Å². The van der Waals surface area contributed by atoms with Gasteiger partial charge in [0, 0.05) is 12.1 Å². The molecule has 0 fully saturated rings. The van der Waals surface area contributed by atoms with Crippen LogP contribution < -0.4 is 14.8 Å². The largest absolute Gasteiger partial charge is 0.490 e. The molecule has 4 nitrogen and oxygen atoms in total. The molecule has 0 saturated heterocycles. The van der Waals surface area contributed by atoms with Gasteiger partial charge in [0.05, 0.1) is 13.2 Å². The Morgan fingerprint density at radius 2 is 1.74 bits per heavy atom. The second-order valence-corrected chi connectivity index (χ2v) is 5.54. The van der Waals surface area contributed by atoms with Gasteiger partial charge in [-0.15, -0.1) is 0 Å². The zero-order chi connectivity index (χ0) is 16.1. The molecular weight excluding hydrogens is 288 g/mol. The molecule has 23 heavy (non-hydrogen) atoms. The molecule has 120 valence electrons. The summed E-state index contributed by atoms with van der Waals surface area (Å²) in [5.74, 6) is 2.32. The Bertz CT molecular complexity index is 685. The van der Waals surface area contributed by atoms with Gasteiger partial charge in [-0.3, -0.25) is 4.99 Å². The highest BCUT2D eigenvalue weighted by molar-refractivity contribution is 5.92. The Kier molecular flexibility index (Phi) is 4.51. The predicted molar refractivity (Wildman–Crippen MR) is 92.3 cm³/mol. The highest BCUT2D eigenvalue weighted by atomic mass is 16.5. The van der Waals surface area contributed by atoms with Crippen molar-refractivity contribution in [3.63, 3.8) is 0 Å². The summed E-state index contributed by atoms with van der Waals surface area (Å²) in [6.07, 6.45) is 0. The van der Waals surface area contributed by atoms with Crippen LogP contribution in [0.25, 0.3) is 0 Å². The average molecular weight is 310 g/mol. The molecule has 1 N–H and O–H groups in total. The van der Waals surface area contributed by atoms with Gasteiger partial charge in [-0.1, -0.05) is 42.5 Å². The summed E-state index contributed by atoms with van der Waals surface area (Å²) in [4.78, 5) is 4.60. The summed E-state index contributed by atoms with van der Waals surface area (Å²) >= 11 is 0. The molecule has 0 radical (unpaired) electrons. The van der Waals surface area contributed by atoms with E-state index in [2.05, 4.69) is 22.4 Å². The first-order valence-corrected chi connectivity index (χ1v) is 7.99. The van der Waals surface area contributed by atoms with Crippen LogP contribution >= 0.6 is 0 Å². The number of hydrogen-bond donors (Lipinski definition) is 1. The first-order chi connectivity index (χ1) is 11.2. The van der Waals surface area contributed by atoms with Crippen LogP contribution in [0.4, 0.5) is 0 Å². The van der Waals surface area contributed by atoms with Gasteiger partial charge in [0.15, 0.2) is 17.1 Å². The van der Waals surface area contributed by atoms with E-state index in [1.165, 1.54) is 0 Å². The van der Waals surface area contributed by atoms with Gasteiger partial charge in [0.1, 0.15) is 5.84 Å². The Labute approximate surface area is 137 Å². The highest BCUT2D eigenvalue weighted by Crippen LogP contribution is 2.35. The van der Waals surface area contributed by atoms with Crippen LogP contribution in [0.3, 0.4) is 0 Å². The molecule has 0 aliphatic carbocycles. The fourth-order valence-corrected chi connectivity index (χ4v) is 2.75. The fraction of sp³-hybridized carbons (Fsp3) is 0.316. The Balaban J connectivity index is 2.00. The van der Waals surface area contributed by atoms with Crippen molar-refractivity contribution in [3.05, 3.63) is 60.2 Å². The molecule has 1 atom stereocenters. The number of nitrogens with zero attached hydrogens (tertiary/aromatic N) is 1. The standard InChI is InChI=1S/C19H22N2O2/c1-3-22-16-11-7-8-12-17(16)23-19(2,18-20-13-14-21-18)15-9-5-4-6-10-15/h4-12H,3,13-14H2,1-2H3,(H,20,21). The van der Waals surface area contributed by atoms with E-state index in [1.807, 2.05) is 56.3 Å². The first-order valence-electron chi connectivity index (χ1n) is 7.99. The maximum atomic E-state index is 6.44. The van der Waals surface area contributed by atoms with Crippen LogP contribution in [0.1, 0.15) is 19.4 Å².